The molecule has 48 heavy (non-hydrogen) atoms. The van der Waals surface area contributed by atoms with Crippen LogP contribution in [-0.4, -0.2) is 52.9 Å². The quantitative estimate of drug-likeness (QED) is 0.219. The van der Waals surface area contributed by atoms with Gasteiger partial charge in [0.15, 0.2) is 5.78 Å². The van der Waals surface area contributed by atoms with Crippen LogP contribution in [-0.2, 0) is 11.2 Å². The maximum atomic E-state index is 13.0. The van der Waals surface area contributed by atoms with E-state index in [1.54, 1.807) is 6.08 Å². The van der Waals surface area contributed by atoms with Gasteiger partial charge in [0.2, 0.25) is 0 Å². The second kappa shape index (κ2) is 16.2. The first-order valence-electron chi connectivity index (χ1n) is 17.6. The summed E-state index contributed by atoms with van der Waals surface area (Å²) in [5.41, 5.74) is 7.07. The van der Waals surface area contributed by atoms with Crippen molar-refractivity contribution in [1.29, 1.82) is 0 Å². The molecule has 1 saturated heterocycles. The summed E-state index contributed by atoms with van der Waals surface area (Å²) in [7, 11) is 0. The third kappa shape index (κ3) is 8.62. The minimum atomic E-state index is -0.292. The van der Waals surface area contributed by atoms with E-state index in [4.69, 9.17) is 9.73 Å². The summed E-state index contributed by atoms with van der Waals surface area (Å²) < 4.78 is 19.6. The molecule has 2 aliphatic heterocycles. The fraction of sp³-hybridized carbons (Fsp3) is 0.415. The van der Waals surface area contributed by atoms with E-state index in [0.29, 0.717) is 18.4 Å². The minimum absolute atomic E-state index is 0.0213. The summed E-state index contributed by atoms with van der Waals surface area (Å²) in [6.07, 6.45) is 19.2. The smallest absolute Gasteiger partial charge is 0.158 e. The van der Waals surface area contributed by atoms with E-state index in [1.807, 2.05) is 48.6 Å². The highest BCUT2D eigenvalue weighted by Gasteiger charge is 2.25. The van der Waals surface area contributed by atoms with Crippen LogP contribution >= 0.6 is 0 Å². The van der Waals surface area contributed by atoms with Crippen molar-refractivity contribution >= 4 is 23.3 Å². The van der Waals surface area contributed by atoms with E-state index in [-0.39, 0.29) is 18.4 Å². The van der Waals surface area contributed by atoms with Crippen LogP contribution in [0.3, 0.4) is 0 Å². The van der Waals surface area contributed by atoms with Gasteiger partial charge in [-0.2, -0.15) is 10.2 Å². The van der Waals surface area contributed by atoms with Gasteiger partial charge < -0.3 is 9.64 Å². The number of carbonyl (C=O) groups is 1. The van der Waals surface area contributed by atoms with Crippen molar-refractivity contribution in [2.75, 3.05) is 26.3 Å². The molecule has 6 nitrogen and oxygen atoms in total. The number of likely N-dealkylation sites (tertiary alicyclic amines) is 1. The number of aliphatic imine (C=N–C) groups is 1. The van der Waals surface area contributed by atoms with Gasteiger partial charge in [0.25, 0.3) is 0 Å². The molecule has 1 aliphatic carbocycles. The Hall–Kier alpha value is -4.23. The number of hydrogen-bond donors (Lipinski definition) is 0. The molecule has 1 unspecified atom stereocenters. The van der Waals surface area contributed by atoms with Gasteiger partial charge in [0.1, 0.15) is 18.2 Å². The Labute approximate surface area is 284 Å². The van der Waals surface area contributed by atoms with Crippen molar-refractivity contribution in [3.05, 3.63) is 95.7 Å². The van der Waals surface area contributed by atoms with Crippen molar-refractivity contribution in [2.24, 2.45) is 16.8 Å². The fourth-order valence-corrected chi connectivity index (χ4v) is 6.85. The maximum absolute atomic E-state index is 13.0. The molecule has 2 aromatic carbocycles. The van der Waals surface area contributed by atoms with Gasteiger partial charge in [0, 0.05) is 35.4 Å². The molecule has 0 bridgehead atoms. The summed E-state index contributed by atoms with van der Waals surface area (Å²) in [5.74, 6) is 2.41. The number of aromatic nitrogens is 2. The highest BCUT2D eigenvalue weighted by Crippen LogP contribution is 2.38. The highest BCUT2D eigenvalue weighted by molar-refractivity contribution is 5.92. The summed E-state index contributed by atoms with van der Waals surface area (Å²) in [4.78, 5) is 20.4. The molecular formula is C41H47FN4O2. The van der Waals surface area contributed by atoms with E-state index in [9.17, 15) is 9.18 Å². The van der Waals surface area contributed by atoms with Gasteiger partial charge in [0.05, 0.1) is 17.1 Å². The molecule has 6 rings (SSSR count). The molecule has 3 heterocycles. The number of halogens is 1. The topological polar surface area (TPSA) is 67.7 Å². The second-order valence-corrected chi connectivity index (χ2v) is 13.5. The molecule has 0 N–H and O–H groups in total. The van der Waals surface area contributed by atoms with Crippen LogP contribution < -0.4 is 4.74 Å². The first-order valence-corrected chi connectivity index (χ1v) is 17.6. The number of piperidine rings is 1. The van der Waals surface area contributed by atoms with Gasteiger partial charge in [-0.1, -0.05) is 44.2 Å². The SMILES string of the molecule is CC(C)c1ccc(-c2ccc(Oc3cc4c(cc3CCC3CCC=CC=CC3=O)C=CCCC(C3CCN(CCF)CC3)=N4)cc2)nn1. The number of nitrogens with zero attached hydrogens (tertiary/aromatic N) is 4. The lowest BCUT2D eigenvalue weighted by Gasteiger charge is -2.32. The number of ketones is 1. The van der Waals surface area contributed by atoms with E-state index < -0.39 is 0 Å². The van der Waals surface area contributed by atoms with E-state index >= 15 is 0 Å². The van der Waals surface area contributed by atoms with Crippen LogP contribution in [0.25, 0.3) is 17.3 Å². The number of hydrogen-bond acceptors (Lipinski definition) is 6. The lowest BCUT2D eigenvalue weighted by atomic mass is 9.88. The molecule has 3 aliphatic rings. The summed E-state index contributed by atoms with van der Waals surface area (Å²) in [6, 6.07) is 16.3. The molecule has 0 spiro atoms. The molecule has 0 amide bonds. The predicted octanol–water partition coefficient (Wildman–Crippen LogP) is 9.64. The zero-order chi connectivity index (χ0) is 33.3. The van der Waals surface area contributed by atoms with Crippen LogP contribution in [0.4, 0.5) is 10.1 Å². The standard InChI is InChI=1S/C41H47FN4O2/c1-29(2)36-19-20-38(45-44-36)30-15-17-35(18-16-30)48-41-28-39-33(27-34(41)14-13-32-9-5-3-4-6-12-40(32)47)10-7-8-11-37(43-39)31-21-24-46(25-22-31)26-23-42/h3-4,6-7,10,12,15-20,27-29,31-32H,5,8-9,11,13-14,21-26H2,1-2H3. The van der Waals surface area contributed by atoms with Crippen LogP contribution in [0.1, 0.15) is 81.5 Å². The average Bonchev–Trinajstić information content (AvgIpc) is 3.08. The number of fused-ring (bicyclic) bond motifs is 1. The number of aryl methyl sites for hydroxylation is 1. The summed E-state index contributed by atoms with van der Waals surface area (Å²) >= 11 is 0. The third-order valence-electron chi connectivity index (χ3n) is 9.81. The van der Waals surface area contributed by atoms with Gasteiger partial charge >= 0.3 is 0 Å². The van der Waals surface area contributed by atoms with Crippen LogP contribution in [0, 0.1) is 11.8 Å². The van der Waals surface area contributed by atoms with Crippen LogP contribution in [0.15, 0.2) is 83.9 Å². The predicted molar refractivity (Wildman–Crippen MR) is 193 cm³/mol. The maximum Gasteiger partial charge on any atom is 0.158 e. The normalized spacial score (nSPS) is 19.0. The number of benzene rings is 2. The summed E-state index contributed by atoms with van der Waals surface area (Å²) in [5, 5.41) is 8.83. The first-order chi connectivity index (χ1) is 23.5. The minimum Gasteiger partial charge on any atom is -0.457 e. The zero-order valence-corrected chi connectivity index (χ0v) is 28.3. The van der Waals surface area contributed by atoms with Gasteiger partial charge in [-0.25, -0.2) is 4.39 Å². The van der Waals surface area contributed by atoms with E-state index in [0.717, 1.165) is 110 Å². The Morgan fingerprint density at radius 2 is 1.77 bits per heavy atom. The lowest BCUT2D eigenvalue weighted by molar-refractivity contribution is -0.118. The molecular weight excluding hydrogens is 599 g/mol. The van der Waals surface area contributed by atoms with E-state index in [1.165, 1.54) is 5.71 Å². The first kappa shape index (κ1) is 33.7. The zero-order valence-electron chi connectivity index (χ0n) is 28.3. The molecule has 3 aromatic rings. The number of alkyl halides is 1. The molecule has 7 heteroatoms. The van der Waals surface area contributed by atoms with E-state index in [2.05, 4.69) is 59.3 Å². The second-order valence-electron chi connectivity index (χ2n) is 13.5. The third-order valence-corrected chi connectivity index (χ3v) is 9.81. The van der Waals surface area contributed by atoms with Crippen LogP contribution in [0.2, 0.25) is 0 Å². The van der Waals surface area contributed by atoms with Gasteiger partial charge in [-0.15, -0.1) is 0 Å². The molecule has 0 radical (unpaired) electrons. The number of carbonyl (C=O) groups excluding carboxylic acids is 1. The monoisotopic (exact) mass is 646 g/mol. The molecule has 1 fully saturated rings. The Morgan fingerprint density at radius 3 is 2.52 bits per heavy atom. The molecule has 1 atom stereocenters. The summed E-state index contributed by atoms with van der Waals surface area (Å²) in [6.45, 7) is 6.28. The Morgan fingerprint density at radius 1 is 0.938 bits per heavy atom. The van der Waals surface area contributed by atoms with Crippen molar-refractivity contribution in [2.45, 2.75) is 71.1 Å². The molecule has 0 saturated carbocycles. The van der Waals surface area contributed by atoms with Gasteiger partial charge in [-0.3, -0.25) is 9.79 Å². The van der Waals surface area contributed by atoms with Crippen molar-refractivity contribution in [1.82, 2.24) is 15.1 Å². The van der Waals surface area contributed by atoms with Crippen molar-refractivity contribution in [3.8, 4) is 22.8 Å². The number of ether oxygens (including phenoxy) is 1. The van der Waals surface area contributed by atoms with Crippen molar-refractivity contribution < 1.29 is 13.9 Å². The highest BCUT2D eigenvalue weighted by atomic mass is 19.1. The Kier molecular flexibility index (Phi) is 11.4. The lowest BCUT2D eigenvalue weighted by Crippen LogP contribution is -2.37. The molecule has 250 valence electrons. The Balaban J connectivity index is 1.28. The largest absolute Gasteiger partial charge is 0.457 e. The van der Waals surface area contributed by atoms with Crippen LogP contribution in [0.5, 0.6) is 11.5 Å². The van der Waals surface area contributed by atoms with Gasteiger partial charge in [-0.05, 0) is 130 Å². The number of allylic oxidation sites excluding steroid dienone is 5. The number of rotatable bonds is 10. The fourth-order valence-electron chi connectivity index (χ4n) is 6.85. The van der Waals surface area contributed by atoms with Crippen molar-refractivity contribution in [3.63, 3.8) is 0 Å². The molecule has 1 aromatic heterocycles. The average molecular weight is 647 g/mol. The Bertz CT molecular complexity index is 1670.